The van der Waals surface area contributed by atoms with Crippen LogP contribution in [-0.4, -0.2) is 19.5 Å². The van der Waals surface area contributed by atoms with E-state index in [1.54, 1.807) is 0 Å². The van der Waals surface area contributed by atoms with E-state index in [0.717, 1.165) is 12.1 Å². The van der Waals surface area contributed by atoms with Crippen molar-refractivity contribution in [2.45, 2.75) is 11.8 Å². The summed E-state index contributed by atoms with van der Waals surface area (Å²) in [5.41, 5.74) is 0.180. The number of aryl methyl sites for hydroxylation is 1. The smallest absolute Gasteiger partial charge is 0.371 e. The van der Waals surface area contributed by atoms with E-state index in [1.807, 2.05) is 0 Å². The van der Waals surface area contributed by atoms with Crippen LogP contribution in [0.25, 0.3) is 0 Å². The van der Waals surface area contributed by atoms with Gasteiger partial charge in [0.2, 0.25) is 5.76 Å². The van der Waals surface area contributed by atoms with Crippen LogP contribution in [0.15, 0.2) is 38.2 Å². The Labute approximate surface area is 127 Å². The molecule has 0 spiro atoms. The number of para-hydroxylation sites is 1. The average Bonchev–Trinajstić information content (AvgIpc) is 2.77. The summed E-state index contributed by atoms with van der Waals surface area (Å²) in [4.78, 5) is 10.3. The SMILES string of the molecule is Cc1cccc(F)c1NS(=O)(=O)c1cc(C(=O)O)oc1Br. The first-order valence-corrected chi connectivity index (χ1v) is 7.80. The minimum atomic E-state index is -4.20. The first kappa shape index (κ1) is 15.5. The summed E-state index contributed by atoms with van der Waals surface area (Å²) >= 11 is 2.83. The molecule has 0 saturated heterocycles. The van der Waals surface area contributed by atoms with Crippen molar-refractivity contribution >= 4 is 37.6 Å². The molecule has 21 heavy (non-hydrogen) atoms. The summed E-state index contributed by atoms with van der Waals surface area (Å²) in [6.45, 7) is 1.54. The summed E-state index contributed by atoms with van der Waals surface area (Å²) in [6, 6.07) is 4.93. The molecule has 0 aliphatic heterocycles. The van der Waals surface area contributed by atoms with Crippen LogP contribution < -0.4 is 4.72 Å². The number of carbonyl (C=O) groups is 1. The summed E-state index contributed by atoms with van der Waals surface area (Å²) in [7, 11) is -4.20. The van der Waals surface area contributed by atoms with Crippen LogP contribution >= 0.6 is 15.9 Å². The third-order valence-corrected chi connectivity index (χ3v) is 4.82. The molecular formula is C12H9BrFNO5S. The molecule has 1 aromatic carbocycles. The standard InChI is InChI=1S/C12H9BrFNO5S/c1-6-3-2-4-7(14)10(6)15-21(18,19)9-5-8(12(16)17)20-11(9)13/h2-5,15H,1H3,(H,16,17). The first-order valence-electron chi connectivity index (χ1n) is 5.53. The lowest BCUT2D eigenvalue weighted by atomic mass is 10.2. The van der Waals surface area contributed by atoms with Gasteiger partial charge >= 0.3 is 5.97 Å². The molecule has 112 valence electrons. The molecule has 6 nitrogen and oxygen atoms in total. The fourth-order valence-corrected chi connectivity index (χ4v) is 3.67. The van der Waals surface area contributed by atoms with Crippen LogP contribution in [0.3, 0.4) is 0 Å². The Hall–Kier alpha value is -1.87. The lowest BCUT2D eigenvalue weighted by Gasteiger charge is -2.10. The first-order chi connectivity index (χ1) is 9.72. The second kappa shape index (κ2) is 5.49. The summed E-state index contributed by atoms with van der Waals surface area (Å²) in [5.74, 6) is -2.71. The van der Waals surface area contributed by atoms with Gasteiger partial charge in [0, 0.05) is 6.07 Å². The second-order valence-corrected chi connectivity index (χ2v) is 6.46. The minimum absolute atomic E-state index is 0.206. The van der Waals surface area contributed by atoms with Gasteiger partial charge in [-0.1, -0.05) is 12.1 Å². The number of benzene rings is 1. The van der Waals surface area contributed by atoms with Crippen molar-refractivity contribution in [3.63, 3.8) is 0 Å². The number of sulfonamides is 1. The fraction of sp³-hybridized carbons (Fsp3) is 0.0833. The van der Waals surface area contributed by atoms with E-state index in [0.29, 0.717) is 5.56 Å². The average molecular weight is 378 g/mol. The number of carboxylic acids is 1. The zero-order valence-corrected chi connectivity index (χ0v) is 13.0. The predicted octanol–water partition coefficient (Wildman–Crippen LogP) is 2.99. The van der Waals surface area contributed by atoms with Crippen molar-refractivity contribution in [3.8, 4) is 0 Å². The Bertz CT molecular complexity index is 795. The maximum Gasteiger partial charge on any atom is 0.371 e. The number of hydrogen-bond donors (Lipinski definition) is 2. The van der Waals surface area contributed by atoms with Gasteiger partial charge in [-0.15, -0.1) is 0 Å². The number of rotatable bonds is 4. The highest BCUT2D eigenvalue weighted by Gasteiger charge is 2.26. The van der Waals surface area contributed by atoms with Crippen molar-refractivity contribution in [2.75, 3.05) is 4.72 Å². The second-order valence-electron chi connectivity index (χ2n) is 4.09. The van der Waals surface area contributed by atoms with Crippen molar-refractivity contribution < 1.29 is 27.1 Å². The zero-order chi connectivity index (χ0) is 15.8. The highest BCUT2D eigenvalue weighted by Crippen LogP contribution is 2.29. The van der Waals surface area contributed by atoms with E-state index < -0.39 is 32.5 Å². The van der Waals surface area contributed by atoms with Gasteiger partial charge in [0.15, 0.2) is 4.67 Å². The molecule has 2 N–H and O–H groups in total. The molecule has 9 heteroatoms. The van der Waals surface area contributed by atoms with E-state index >= 15 is 0 Å². The molecule has 1 heterocycles. The topological polar surface area (TPSA) is 96.6 Å². The number of anilines is 1. The Kier molecular flexibility index (Phi) is 4.06. The zero-order valence-electron chi connectivity index (χ0n) is 10.6. The van der Waals surface area contributed by atoms with E-state index in [1.165, 1.54) is 19.1 Å². The lowest BCUT2D eigenvalue weighted by molar-refractivity contribution is 0.0661. The molecule has 0 amide bonds. The normalized spacial score (nSPS) is 11.4. The number of nitrogens with one attached hydrogen (secondary N) is 1. The van der Waals surface area contributed by atoms with E-state index in [9.17, 15) is 17.6 Å². The highest BCUT2D eigenvalue weighted by molar-refractivity contribution is 9.10. The Morgan fingerprint density at radius 1 is 1.43 bits per heavy atom. The van der Waals surface area contributed by atoms with Crippen LogP contribution in [0.5, 0.6) is 0 Å². The minimum Gasteiger partial charge on any atom is -0.475 e. The predicted molar refractivity (Wildman–Crippen MR) is 75.3 cm³/mol. The number of halogens is 2. The van der Waals surface area contributed by atoms with Crippen LogP contribution in [0, 0.1) is 12.7 Å². The summed E-state index contributed by atoms with van der Waals surface area (Å²) in [6.07, 6.45) is 0. The van der Waals surface area contributed by atoms with Gasteiger partial charge in [0.05, 0.1) is 5.69 Å². The van der Waals surface area contributed by atoms with Gasteiger partial charge in [0.25, 0.3) is 10.0 Å². The van der Waals surface area contributed by atoms with Crippen LogP contribution in [0.2, 0.25) is 0 Å². The molecule has 0 unspecified atom stereocenters. The molecule has 0 radical (unpaired) electrons. The lowest BCUT2D eigenvalue weighted by Crippen LogP contribution is -2.14. The molecule has 0 bridgehead atoms. The van der Waals surface area contributed by atoms with Gasteiger partial charge in [-0.3, -0.25) is 4.72 Å². The fourth-order valence-electron chi connectivity index (χ4n) is 1.59. The molecular weight excluding hydrogens is 369 g/mol. The monoisotopic (exact) mass is 377 g/mol. The van der Waals surface area contributed by atoms with Crippen LogP contribution in [0.1, 0.15) is 16.1 Å². The summed E-state index contributed by atoms with van der Waals surface area (Å²) in [5, 5.41) is 8.78. The molecule has 0 atom stereocenters. The Morgan fingerprint density at radius 2 is 2.10 bits per heavy atom. The third kappa shape index (κ3) is 3.08. The molecule has 0 fully saturated rings. The van der Waals surface area contributed by atoms with Crippen LogP contribution in [-0.2, 0) is 10.0 Å². The number of furan rings is 1. The quantitative estimate of drug-likeness (QED) is 0.853. The van der Waals surface area contributed by atoms with Gasteiger partial charge in [-0.2, -0.15) is 0 Å². The van der Waals surface area contributed by atoms with Gasteiger partial charge in [-0.25, -0.2) is 17.6 Å². The van der Waals surface area contributed by atoms with Crippen molar-refractivity contribution in [1.82, 2.24) is 0 Å². The van der Waals surface area contributed by atoms with Crippen molar-refractivity contribution in [2.24, 2.45) is 0 Å². The molecule has 0 aliphatic rings. The molecule has 2 aromatic rings. The third-order valence-electron chi connectivity index (χ3n) is 2.61. The Morgan fingerprint density at radius 3 is 2.62 bits per heavy atom. The number of carboxylic acid groups (broad SMARTS) is 1. The molecule has 0 saturated carbocycles. The largest absolute Gasteiger partial charge is 0.475 e. The van der Waals surface area contributed by atoms with E-state index in [4.69, 9.17) is 9.52 Å². The van der Waals surface area contributed by atoms with E-state index in [2.05, 4.69) is 20.7 Å². The van der Waals surface area contributed by atoms with Gasteiger partial charge in [-0.05, 0) is 34.5 Å². The van der Waals surface area contributed by atoms with Crippen LogP contribution in [0.4, 0.5) is 10.1 Å². The van der Waals surface area contributed by atoms with Crippen molar-refractivity contribution in [3.05, 3.63) is 46.1 Å². The summed E-state index contributed by atoms with van der Waals surface area (Å²) < 4.78 is 44.6. The number of hydrogen-bond acceptors (Lipinski definition) is 4. The Balaban J connectivity index is 2.46. The van der Waals surface area contributed by atoms with Crippen molar-refractivity contribution in [1.29, 1.82) is 0 Å². The van der Waals surface area contributed by atoms with E-state index in [-0.39, 0.29) is 10.4 Å². The number of aromatic carboxylic acids is 1. The molecule has 2 rings (SSSR count). The van der Waals surface area contributed by atoms with Gasteiger partial charge in [0.1, 0.15) is 10.7 Å². The molecule has 0 aliphatic carbocycles. The van der Waals surface area contributed by atoms with Gasteiger partial charge < -0.3 is 9.52 Å². The highest BCUT2D eigenvalue weighted by atomic mass is 79.9. The molecule has 1 aromatic heterocycles. The maximum absolute atomic E-state index is 13.7. The maximum atomic E-state index is 13.7.